The van der Waals surface area contributed by atoms with Gasteiger partial charge < -0.3 is 16.2 Å². The number of nitrogens with two attached hydrogens (primary N) is 1. The van der Waals surface area contributed by atoms with Gasteiger partial charge in [0, 0.05) is 43.1 Å². The Hall–Kier alpha value is -6.01. The molecule has 0 atom stereocenters. The molecule has 48 heavy (non-hydrogen) atoms. The predicted molar refractivity (Wildman–Crippen MR) is 179 cm³/mol. The van der Waals surface area contributed by atoms with E-state index in [0.29, 0.717) is 51.6 Å². The number of nitrogen functional groups attached to an aromatic ring is 1. The fourth-order valence-corrected chi connectivity index (χ4v) is 5.96. The molecule has 0 bridgehead atoms. The molecule has 7 rings (SSSR count). The van der Waals surface area contributed by atoms with Crippen LogP contribution in [0.25, 0.3) is 39.6 Å². The zero-order valence-corrected chi connectivity index (χ0v) is 25.8. The molecule has 6 aromatic rings. The lowest BCUT2D eigenvalue weighted by Gasteiger charge is -2.32. The number of carbonyl (C=O) groups is 2. The molecule has 240 valence electrons. The van der Waals surface area contributed by atoms with E-state index in [-0.39, 0.29) is 23.3 Å². The normalized spacial score (nSPS) is 13.9. The van der Waals surface area contributed by atoms with E-state index in [1.54, 1.807) is 12.3 Å². The number of nitrogens with one attached hydrogen (secondary N) is 1. The van der Waals surface area contributed by atoms with E-state index in [1.807, 2.05) is 41.0 Å². The number of phenolic OH excluding ortho intramolecular Hbond substituents is 1. The van der Waals surface area contributed by atoms with E-state index >= 15 is 0 Å². The molecule has 0 aliphatic carbocycles. The van der Waals surface area contributed by atoms with Gasteiger partial charge in [0.15, 0.2) is 17.8 Å². The van der Waals surface area contributed by atoms with Crippen LogP contribution in [0.4, 0.5) is 10.2 Å². The highest BCUT2D eigenvalue weighted by Gasteiger charge is 2.23. The molecule has 1 amide bonds. The van der Waals surface area contributed by atoms with Gasteiger partial charge in [0.1, 0.15) is 22.9 Å². The van der Waals surface area contributed by atoms with Crippen LogP contribution >= 0.6 is 0 Å². The van der Waals surface area contributed by atoms with Crippen LogP contribution in [0.2, 0.25) is 0 Å². The average molecular weight is 643 g/mol. The predicted octanol–water partition coefficient (Wildman–Crippen LogP) is 5.18. The van der Waals surface area contributed by atoms with Crippen LogP contribution < -0.4 is 11.1 Å². The number of anilines is 1. The first-order valence-corrected chi connectivity index (χ1v) is 15.5. The minimum Gasteiger partial charge on any atom is -0.507 e. The molecular weight excluding hydrogens is 611 g/mol. The molecular formula is C36H31FN8O3. The second-order valence-electron chi connectivity index (χ2n) is 11.7. The van der Waals surface area contributed by atoms with Crippen molar-refractivity contribution in [1.29, 1.82) is 0 Å². The summed E-state index contributed by atoms with van der Waals surface area (Å²) in [7, 11) is 0. The molecule has 0 unspecified atom stereocenters. The molecule has 0 spiro atoms. The smallest absolute Gasteiger partial charge is 0.251 e. The molecule has 1 saturated heterocycles. The lowest BCUT2D eigenvalue weighted by molar-refractivity contribution is 0.0909. The van der Waals surface area contributed by atoms with Crippen molar-refractivity contribution >= 4 is 29.2 Å². The van der Waals surface area contributed by atoms with Crippen LogP contribution in [-0.2, 0) is 6.54 Å². The Morgan fingerprint density at radius 1 is 0.979 bits per heavy atom. The Labute approximate surface area is 274 Å². The number of aromatic nitrogens is 5. The van der Waals surface area contributed by atoms with Crippen molar-refractivity contribution in [2.75, 3.05) is 18.8 Å². The zero-order valence-electron chi connectivity index (χ0n) is 25.8. The average Bonchev–Trinajstić information content (AvgIpc) is 3.48. The number of benzene rings is 2. The molecule has 0 radical (unpaired) electrons. The summed E-state index contributed by atoms with van der Waals surface area (Å²) in [5, 5.41) is 12.8. The van der Waals surface area contributed by atoms with Crippen molar-refractivity contribution in [2.45, 2.75) is 25.4 Å². The summed E-state index contributed by atoms with van der Waals surface area (Å²) >= 11 is 0. The van der Waals surface area contributed by atoms with Crippen molar-refractivity contribution in [2.24, 2.45) is 0 Å². The van der Waals surface area contributed by atoms with Gasteiger partial charge in [-0.05, 0) is 85.1 Å². The van der Waals surface area contributed by atoms with Crippen LogP contribution in [0.15, 0.2) is 91.3 Å². The third-order valence-electron chi connectivity index (χ3n) is 8.51. The number of fused-ring (bicyclic) bond motifs is 1. The first-order valence-electron chi connectivity index (χ1n) is 15.5. The maximum atomic E-state index is 13.6. The van der Waals surface area contributed by atoms with E-state index in [0.717, 1.165) is 43.7 Å². The summed E-state index contributed by atoms with van der Waals surface area (Å²) in [6.45, 7) is 2.36. The number of hydrogen-bond acceptors (Lipinski definition) is 9. The zero-order chi connectivity index (χ0) is 33.2. The lowest BCUT2D eigenvalue weighted by Crippen LogP contribution is -2.44. The number of hydrogen-bond donors (Lipinski definition) is 3. The van der Waals surface area contributed by atoms with Gasteiger partial charge in [-0.15, -0.1) is 0 Å². The minimum absolute atomic E-state index is 0.0139. The summed E-state index contributed by atoms with van der Waals surface area (Å²) in [5.74, 6) is 0.113. The Balaban J connectivity index is 1.09. The quantitative estimate of drug-likeness (QED) is 0.191. The Morgan fingerprint density at radius 2 is 1.77 bits per heavy atom. The molecule has 1 fully saturated rings. The first kappa shape index (κ1) is 30.6. The van der Waals surface area contributed by atoms with Crippen molar-refractivity contribution in [3.05, 3.63) is 114 Å². The molecule has 2 aromatic carbocycles. The highest BCUT2D eigenvalue weighted by Crippen LogP contribution is 2.32. The molecule has 4 N–H and O–H groups in total. The lowest BCUT2D eigenvalue weighted by atomic mass is 10.0. The summed E-state index contributed by atoms with van der Waals surface area (Å²) in [6, 6.07) is 22.8. The number of carbonyl (C=O) groups excluding carboxylic acids is 2. The number of pyridine rings is 3. The van der Waals surface area contributed by atoms with Crippen LogP contribution in [0.3, 0.4) is 0 Å². The molecule has 12 heteroatoms. The second-order valence-corrected chi connectivity index (χ2v) is 11.7. The Kier molecular flexibility index (Phi) is 8.30. The van der Waals surface area contributed by atoms with E-state index < -0.39 is 5.82 Å². The first-order chi connectivity index (χ1) is 23.4. The van der Waals surface area contributed by atoms with Gasteiger partial charge in [-0.25, -0.2) is 19.3 Å². The van der Waals surface area contributed by atoms with E-state index in [2.05, 4.69) is 32.3 Å². The Bertz CT molecular complexity index is 2130. The van der Waals surface area contributed by atoms with Crippen LogP contribution in [0.1, 0.15) is 39.1 Å². The fraction of sp³-hybridized carbons (Fsp3) is 0.167. The summed E-state index contributed by atoms with van der Waals surface area (Å²) in [6.07, 6.45) is 4.91. The summed E-state index contributed by atoms with van der Waals surface area (Å²) in [4.78, 5) is 44.5. The number of nitrogens with zero attached hydrogens (tertiary/aromatic N) is 6. The number of amides is 1. The van der Waals surface area contributed by atoms with Gasteiger partial charge in [-0.1, -0.05) is 12.1 Å². The number of halogens is 1. The van der Waals surface area contributed by atoms with Gasteiger partial charge in [0.05, 0.1) is 28.7 Å². The maximum absolute atomic E-state index is 13.6. The van der Waals surface area contributed by atoms with Gasteiger partial charge >= 0.3 is 0 Å². The third kappa shape index (κ3) is 6.20. The Morgan fingerprint density at radius 3 is 2.50 bits per heavy atom. The monoisotopic (exact) mass is 642 g/mol. The second kappa shape index (κ2) is 13.0. The number of aldehydes is 1. The van der Waals surface area contributed by atoms with Crippen molar-refractivity contribution in [1.82, 2.24) is 34.7 Å². The van der Waals surface area contributed by atoms with E-state index in [1.165, 1.54) is 30.5 Å². The molecule has 1 aliphatic rings. The number of rotatable bonds is 8. The van der Waals surface area contributed by atoms with Crippen LogP contribution in [0, 0.1) is 5.82 Å². The number of likely N-dealkylation sites (tertiary alicyclic amines) is 1. The number of piperidine rings is 1. The van der Waals surface area contributed by atoms with Crippen LogP contribution in [-0.4, -0.2) is 65.8 Å². The van der Waals surface area contributed by atoms with Gasteiger partial charge in [-0.3, -0.25) is 24.0 Å². The highest BCUT2D eigenvalue weighted by molar-refractivity contribution is 5.96. The highest BCUT2D eigenvalue weighted by atomic mass is 19.1. The number of imidazole rings is 1. The summed E-state index contributed by atoms with van der Waals surface area (Å²) < 4.78 is 15.5. The number of aromatic hydroxyl groups is 1. The SMILES string of the molecule is Nc1ncccc1-c1nc2ccc(-c3ccc(F)cn3)nc2n1-c1ccc(CN2CCC(NC(=O)c3ccc(O)c(C=O)c3)CC2)cc1. The fourth-order valence-electron chi connectivity index (χ4n) is 5.96. The van der Waals surface area contributed by atoms with Gasteiger partial charge in [0.2, 0.25) is 0 Å². The van der Waals surface area contributed by atoms with Gasteiger partial charge in [-0.2, -0.15) is 0 Å². The minimum atomic E-state index is -0.420. The van der Waals surface area contributed by atoms with Gasteiger partial charge in [0.25, 0.3) is 5.91 Å². The van der Waals surface area contributed by atoms with Crippen LogP contribution in [0.5, 0.6) is 5.75 Å². The standard InChI is InChI=1S/C36H31FN8O3/c37-25-6-9-29(40-19-25)30-10-11-31-35(42-30)45(34(43-31)28-2-1-15-39-33(28)38)27-7-3-22(4-8-27)20-44-16-13-26(14-17-44)41-36(48)23-5-12-32(47)24(18-23)21-46/h1-12,15,18-19,21,26,47H,13-14,16-17,20H2,(H2,38,39)(H,41,48). The summed E-state index contributed by atoms with van der Waals surface area (Å²) in [5.41, 5.74) is 11.7. The molecule has 1 aliphatic heterocycles. The topological polar surface area (TPSA) is 152 Å². The molecule has 4 aromatic heterocycles. The van der Waals surface area contributed by atoms with Crippen molar-refractivity contribution < 1.29 is 19.1 Å². The van der Waals surface area contributed by atoms with Crippen molar-refractivity contribution in [3.63, 3.8) is 0 Å². The molecule has 11 nitrogen and oxygen atoms in total. The third-order valence-corrected chi connectivity index (χ3v) is 8.51. The molecule has 0 saturated carbocycles. The largest absolute Gasteiger partial charge is 0.507 e. The van der Waals surface area contributed by atoms with E-state index in [4.69, 9.17) is 15.7 Å². The van der Waals surface area contributed by atoms with Crippen molar-refractivity contribution in [3.8, 4) is 34.2 Å². The number of phenols is 1. The maximum Gasteiger partial charge on any atom is 0.251 e. The van der Waals surface area contributed by atoms with E-state index in [9.17, 15) is 19.1 Å². The molecule has 5 heterocycles.